The molecule has 1 aromatic rings. The van der Waals surface area contributed by atoms with Crippen molar-refractivity contribution >= 4 is 0 Å². The molecule has 100 valence electrons. The van der Waals surface area contributed by atoms with E-state index in [0.29, 0.717) is 18.1 Å². The van der Waals surface area contributed by atoms with E-state index in [4.69, 9.17) is 9.47 Å². The van der Waals surface area contributed by atoms with Gasteiger partial charge < -0.3 is 14.8 Å². The third kappa shape index (κ3) is 2.52. The monoisotopic (exact) mass is 249 g/mol. The Morgan fingerprint density at radius 2 is 2.22 bits per heavy atom. The highest BCUT2D eigenvalue weighted by Gasteiger charge is 2.34. The lowest BCUT2D eigenvalue weighted by molar-refractivity contribution is 0.0780. The van der Waals surface area contributed by atoms with Gasteiger partial charge in [-0.1, -0.05) is 25.1 Å². The van der Waals surface area contributed by atoms with Crippen LogP contribution in [0, 0.1) is 5.92 Å². The topological polar surface area (TPSA) is 30.5 Å². The maximum absolute atomic E-state index is 5.81. The third-order valence-electron chi connectivity index (χ3n) is 3.88. The van der Waals surface area contributed by atoms with Crippen LogP contribution in [0.25, 0.3) is 0 Å². The fourth-order valence-electron chi connectivity index (χ4n) is 2.99. The van der Waals surface area contributed by atoms with E-state index in [0.717, 1.165) is 25.2 Å². The summed E-state index contributed by atoms with van der Waals surface area (Å²) in [7, 11) is 3.75. The molecule has 1 aromatic carbocycles. The van der Waals surface area contributed by atoms with Gasteiger partial charge in [0.25, 0.3) is 0 Å². The van der Waals surface area contributed by atoms with Gasteiger partial charge >= 0.3 is 0 Å². The number of rotatable bonds is 5. The maximum atomic E-state index is 5.81. The molecule has 0 radical (unpaired) electrons. The van der Waals surface area contributed by atoms with Crippen LogP contribution in [0.1, 0.15) is 31.4 Å². The molecule has 0 aromatic heterocycles. The van der Waals surface area contributed by atoms with Gasteiger partial charge in [0.15, 0.2) is 0 Å². The average molecular weight is 249 g/mol. The van der Waals surface area contributed by atoms with Crippen molar-refractivity contribution < 1.29 is 9.47 Å². The minimum Gasteiger partial charge on any atom is -0.496 e. The predicted octanol–water partition coefficient (Wildman–Crippen LogP) is 2.77. The van der Waals surface area contributed by atoms with Crippen molar-refractivity contribution in [1.29, 1.82) is 0 Å². The van der Waals surface area contributed by atoms with Crippen molar-refractivity contribution in [2.24, 2.45) is 5.92 Å². The highest BCUT2D eigenvalue weighted by atomic mass is 16.5. The smallest absolute Gasteiger partial charge is 0.123 e. The van der Waals surface area contributed by atoms with E-state index in [2.05, 4.69) is 24.4 Å². The average Bonchev–Trinajstić information content (AvgIpc) is 2.88. The molecule has 3 nitrogen and oxygen atoms in total. The largest absolute Gasteiger partial charge is 0.496 e. The summed E-state index contributed by atoms with van der Waals surface area (Å²) in [6.07, 6.45) is 2.53. The van der Waals surface area contributed by atoms with Gasteiger partial charge in [0.2, 0.25) is 0 Å². The molecule has 0 bridgehead atoms. The van der Waals surface area contributed by atoms with Crippen LogP contribution < -0.4 is 10.1 Å². The van der Waals surface area contributed by atoms with E-state index in [9.17, 15) is 0 Å². The van der Waals surface area contributed by atoms with Crippen LogP contribution in [-0.2, 0) is 4.74 Å². The molecule has 1 N–H and O–H groups in total. The Labute approximate surface area is 109 Å². The van der Waals surface area contributed by atoms with Crippen molar-refractivity contribution in [2.75, 3.05) is 20.8 Å². The fraction of sp³-hybridized carbons (Fsp3) is 0.600. The van der Waals surface area contributed by atoms with Crippen LogP contribution >= 0.6 is 0 Å². The quantitative estimate of drug-likeness (QED) is 0.870. The van der Waals surface area contributed by atoms with E-state index in [-0.39, 0.29) is 0 Å². The molecule has 1 aliphatic rings. The Morgan fingerprint density at radius 1 is 1.44 bits per heavy atom. The SMILES string of the molecule is CCC1OCCC1C(NC)c1ccccc1OC. The van der Waals surface area contributed by atoms with Gasteiger partial charge in [0.1, 0.15) is 5.75 Å². The molecule has 3 heteroatoms. The molecule has 0 spiro atoms. The van der Waals surface area contributed by atoms with Crippen LogP contribution in [-0.4, -0.2) is 26.9 Å². The Morgan fingerprint density at radius 3 is 2.89 bits per heavy atom. The molecule has 2 rings (SSSR count). The molecule has 0 amide bonds. The van der Waals surface area contributed by atoms with E-state index >= 15 is 0 Å². The standard InChI is InChI=1S/C15H23NO2/c1-4-13-12(9-10-18-13)15(16-2)11-7-5-6-8-14(11)17-3/h5-8,12-13,15-16H,4,9-10H2,1-3H3. The van der Waals surface area contributed by atoms with Crippen molar-refractivity contribution in [3.05, 3.63) is 29.8 Å². The number of nitrogens with one attached hydrogen (secondary N) is 1. The zero-order chi connectivity index (χ0) is 13.0. The Bertz CT molecular complexity index is 381. The molecule has 3 atom stereocenters. The van der Waals surface area contributed by atoms with E-state index in [1.807, 2.05) is 19.2 Å². The molecule has 1 saturated heterocycles. The lowest BCUT2D eigenvalue weighted by Crippen LogP contribution is -2.30. The summed E-state index contributed by atoms with van der Waals surface area (Å²) in [4.78, 5) is 0. The van der Waals surface area contributed by atoms with Crippen LogP contribution in [0.2, 0.25) is 0 Å². The summed E-state index contributed by atoms with van der Waals surface area (Å²) in [5, 5.41) is 3.44. The van der Waals surface area contributed by atoms with Crippen molar-refractivity contribution in [2.45, 2.75) is 31.9 Å². The second-order valence-corrected chi connectivity index (χ2v) is 4.78. The fourth-order valence-corrected chi connectivity index (χ4v) is 2.99. The predicted molar refractivity (Wildman–Crippen MR) is 72.9 cm³/mol. The van der Waals surface area contributed by atoms with Crippen molar-refractivity contribution in [1.82, 2.24) is 5.32 Å². The number of hydrogen-bond acceptors (Lipinski definition) is 3. The molecule has 1 fully saturated rings. The zero-order valence-corrected chi connectivity index (χ0v) is 11.5. The molecule has 1 heterocycles. The highest BCUT2D eigenvalue weighted by Crippen LogP contribution is 2.37. The Balaban J connectivity index is 2.27. The van der Waals surface area contributed by atoms with Gasteiger partial charge in [-0.2, -0.15) is 0 Å². The molecule has 0 saturated carbocycles. The van der Waals surface area contributed by atoms with E-state index < -0.39 is 0 Å². The van der Waals surface area contributed by atoms with Crippen LogP contribution in [0.4, 0.5) is 0 Å². The lowest BCUT2D eigenvalue weighted by Gasteiger charge is -2.28. The number of benzene rings is 1. The molecule has 1 aliphatic heterocycles. The lowest BCUT2D eigenvalue weighted by atomic mass is 9.86. The van der Waals surface area contributed by atoms with Gasteiger partial charge in [-0.05, 0) is 26.0 Å². The summed E-state index contributed by atoms with van der Waals surface area (Å²) in [5.74, 6) is 1.48. The second kappa shape index (κ2) is 6.21. The first-order chi connectivity index (χ1) is 8.81. The van der Waals surface area contributed by atoms with Gasteiger partial charge in [-0.3, -0.25) is 0 Å². The first kappa shape index (κ1) is 13.4. The van der Waals surface area contributed by atoms with Crippen LogP contribution in [0.15, 0.2) is 24.3 Å². The van der Waals surface area contributed by atoms with E-state index in [1.54, 1.807) is 7.11 Å². The highest BCUT2D eigenvalue weighted by molar-refractivity contribution is 5.36. The Hall–Kier alpha value is -1.06. The molecule has 3 unspecified atom stereocenters. The van der Waals surface area contributed by atoms with Crippen LogP contribution in [0.5, 0.6) is 5.75 Å². The molecular weight excluding hydrogens is 226 g/mol. The van der Waals surface area contributed by atoms with Crippen LogP contribution in [0.3, 0.4) is 0 Å². The molecule has 0 aliphatic carbocycles. The summed E-state index contributed by atoms with van der Waals surface area (Å²) >= 11 is 0. The summed E-state index contributed by atoms with van der Waals surface area (Å²) in [6, 6.07) is 8.55. The maximum Gasteiger partial charge on any atom is 0.123 e. The summed E-state index contributed by atoms with van der Waals surface area (Å²) < 4.78 is 11.3. The third-order valence-corrected chi connectivity index (χ3v) is 3.88. The number of para-hydroxylation sites is 1. The summed E-state index contributed by atoms with van der Waals surface area (Å²) in [6.45, 7) is 3.06. The second-order valence-electron chi connectivity index (χ2n) is 4.78. The van der Waals surface area contributed by atoms with Gasteiger partial charge in [-0.25, -0.2) is 0 Å². The molecule has 18 heavy (non-hydrogen) atoms. The van der Waals surface area contributed by atoms with E-state index in [1.165, 1.54) is 5.56 Å². The van der Waals surface area contributed by atoms with Crippen molar-refractivity contribution in [3.63, 3.8) is 0 Å². The Kier molecular flexibility index (Phi) is 4.61. The minimum absolute atomic E-state index is 0.300. The first-order valence-electron chi connectivity index (χ1n) is 6.73. The number of ether oxygens (including phenoxy) is 2. The van der Waals surface area contributed by atoms with Gasteiger partial charge in [0.05, 0.1) is 13.2 Å². The number of hydrogen-bond donors (Lipinski definition) is 1. The summed E-state index contributed by atoms with van der Waals surface area (Å²) in [5.41, 5.74) is 1.23. The van der Waals surface area contributed by atoms with Gasteiger partial charge in [-0.15, -0.1) is 0 Å². The first-order valence-corrected chi connectivity index (χ1v) is 6.73. The minimum atomic E-state index is 0.300. The van der Waals surface area contributed by atoms with Crippen molar-refractivity contribution in [3.8, 4) is 5.75 Å². The zero-order valence-electron chi connectivity index (χ0n) is 11.5. The van der Waals surface area contributed by atoms with Gasteiger partial charge in [0, 0.05) is 24.1 Å². The molecular formula is C15H23NO2. The normalized spacial score (nSPS) is 25.1. The number of methoxy groups -OCH3 is 1.